The van der Waals surface area contributed by atoms with Crippen molar-refractivity contribution in [2.75, 3.05) is 6.61 Å². The van der Waals surface area contributed by atoms with Crippen molar-refractivity contribution < 1.29 is 39.4 Å². The molecule has 24 heavy (non-hydrogen) atoms. The number of rotatable bonds is 5. The number of hydrogen-bond donors (Lipinski definition) is 4. The third kappa shape index (κ3) is 4.53. The number of esters is 1. The van der Waals surface area contributed by atoms with Gasteiger partial charge in [0.1, 0.15) is 24.1 Å². The molecule has 0 bridgehead atoms. The van der Waals surface area contributed by atoms with Gasteiger partial charge in [-0.1, -0.05) is 12.1 Å². The molecule has 4 N–H and O–H groups in total. The second-order valence-corrected chi connectivity index (χ2v) is 5.14. The maximum Gasteiger partial charge on any atom is 0.333 e. The minimum atomic E-state index is -1.77. The van der Waals surface area contributed by atoms with E-state index in [4.69, 9.17) is 14.2 Å². The molecule has 1 aromatic carbocycles. The van der Waals surface area contributed by atoms with E-state index in [1.807, 2.05) is 6.92 Å². The van der Waals surface area contributed by atoms with Crippen LogP contribution in [-0.4, -0.2) is 63.9 Å². The highest BCUT2D eigenvalue weighted by Crippen LogP contribution is 2.21. The van der Waals surface area contributed by atoms with E-state index in [9.17, 15) is 25.2 Å². The minimum Gasteiger partial charge on any atom is -0.494 e. The maximum absolute atomic E-state index is 11.7. The van der Waals surface area contributed by atoms with E-state index in [1.165, 1.54) is 6.08 Å². The lowest BCUT2D eigenvalue weighted by Gasteiger charge is -2.37. The highest BCUT2D eigenvalue weighted by atomic mass is 16.8. The van der Waals surface area contributed by atoms with Gasteiger partial charge in [-0.3, -0.25) is 0 Å². The summed E-state index contributed by atoms with van der Waals surface area (Å²) in [6, 6.07) is 6.97. The van der Waals surface area contributed by atoms with Crippen molar-refractivity contribution in [3.8, 4) is 5.75 Å². The summed E-state index contributed by atoms with van der Waals surface area (Å²) in [5.74, 6) is -0.138. The molecule has 5 atom stereocenters. The first-order valence-corrected chi connectivity index (χ1v) is 7.41. The zero-order valence-electron chi connectivity index (χ0n) is 13.0. The predicted molar refractivity (Wildman–Crippen MR) is 81.6 cm³/mol. The first kappa shape index (κ1) is 18.4. The highest BCUT2D eigenvalue weighted by molar-refractivity contribution is 5.87. The largest absolute Gasteiger partial charge is 0.494 e. The minimum absolute atomic E-state index is 0.553. The van der Waals surface area contributed by atoms with Gasteiger partial charge in [-0.2, -0.15) is 0 Å². The summed E-state index contributed by atoms with van der Waals surface area (Å²) in [5.41, 5.74) is 0.719. The third-order valence-corrected chi connectivity index (χ3v) is 3.38. The van der Waals surface area contributed by atoms with E-state index in [0.29, 0.717) is 12.4 Å². The molecule has 132 valence electrons. The number of hydrogen-bond acceptors (Lipinski definition) is 8. The van der Waals surface area contributed by atoms with E-state index in [-0.39, 0.29) is 0 Å². The molecule has 1 aliphatic rings. The summed E-state index contributed by atoms with van der Waals surface area (Å²) in [7, 11) is 0. The molecule has 0 aliphatic carbocycles. The second-order valence-electron chi connectivity index (χ2n) is 5.14. The fourth-order valence-corrected chi connectivity index (χ4v) is 2.09. The molecular formula is C16H20O8. The Hall–Kier alpha value is -1.97. The maximum atomic E-state index is 11.7. The van der Waals surface area contributed by atoms with Gasteiger partial charge in [0.25, 0.3) is 0 Å². The molecule has 1 saturated heterocycles. The quantitative estimate of drug-likeness (QED) is 0.413. The van der Waals surface area contributed by atoms with Gasteiger partial charge < -0.3 is 34.6 Å². The standard InChI is InChI=1S/C16H20O8/c1-2-22-10-6-3-9(4-7-10)5-8-11(17)23-16-14(20)12(18)13(19)15(21)24-16/h3-8,12-16,18-21H,2H2,1H3. The normalized spacial score (nSPS) is 30.3. The number of carbonyl (C=O) groups is 1. The van der Waals surface area contributed by atoms with Crippen LogP contribution in [0.4, 0.5) is 0 Å². The second kappa shape index (κ2) is 8.22. The van der Waals surface area contributed by atoms with E-state index in [2.05, 4.69) is 0 Å². The fourth-order valence-electron chi connectivity index (χ4n) is 2.09. The summed E-state index contributed by atoms with van der Waals surface area (Å²) < 4.78 is 14.9. The van der Waals surface area contributed by atoms with Gasteiger partial charge in [0.15, 0.2) is 6.29 Å². The SMILES string of the molecule is CCOc1ccc(C=CC(=O)OC2OC(O)C(O)C(O)C2O)cc1. The zero-order valence-corrected chi connectivity index (χ0v) is 13.0. The van der Waals surface area contributed by atoms with Crippen molar-refractivity contribution in [2.45, 2.75) is 37.8 Å². The highest BCUT2D eigenvalue weighted by Gasteiger charge is 2.44. The molecule has 0 amide bonds. The van der Waals surface area contributed by atoms with E-state index in [0.717, 1.165) is 11.6 Å². The van der Waals surface area contributed by atoms with Gasteiger partial charge in [-0.25, -0.2) is 4.79 Å². The Bertz CT molecular complexity index is 570. The smallest absolute Gasteiger partial charge is 0.333 e. The molecule has 0 spiro atoms. The van der Waals surface area contributed by atoms with Crippen LogP contribution in [0.15, 0.2) is 30.3 Å². The van der Waals surface area contributed by atoms with Gasteiger partial charge in [-0.05, 0) is 30.7 Å². The van der Waals surface area contributed by atoms with Crippen LogP contribution in [0.25, 0.3) is 6.08 Å². The van der Waals surface area contributed by atoms with Gasteiger partial charge >= 0.3 is 5.97 Å². The summed E-state index contributed by atoms with van der Waals surface area (Å²) in [6.45, 7) is 2.43. The van der Waals surface area contributed by atoms with Crippen LogP contribution in [0.3, 0.4) is 0 Å². The monoisotopic (exact) mass is 340 g/mol. The van der Waals surface area contributed by atoms with Crippen LogP contribution in [-0.2, 0) is 14.3 Å². The molecule has 1 heterocycles. The number of benzene rings is 1. The van der Waals surface area contributed by atoms with Crippen molar-refractivity contribution in [1.29, 1.82) is 0 Å². The predicted octanol–water partition coefficient (Wildman–Crippen LogP) is -0.601. The molecule has 0 saturated carbocycles. The molecule has 8 heteroatoms. The lowest BCUT2D eigenvalue weighted by Crippen LogP contribution is -2.58. The number of aliphatic hydroxyl groups is 4. The number of ether oxygens (including phenoxy) is 3. The fraction of sp³-hybridized carbons (Fsp3) is 0.438. The molecule has 1 fully saturated rings. The van der Waals surface area contributed by atoms with Gasteiger partial charge in [-0.15, -0.1) is 0 Å². The van der Waals surface area contributed by atoms with Gasteiger partial charge in [0.05, 0.1) is 6.61 Å². The Morgan fingerprint density at radius 2 is 1.79 bits per heavy atom. The van der Waals surface area contributed by atoms with Crippen LogP contribution >= 0.6 is 0 Å². The van der Waals surface area contributed by atoms with Crippen molar-refractivity contribution in [3.05, 3.63) is 35.9 Å². The Morgan fingerprint density at radius 3 is 2.42 bits per heavy atom. The van der Waals surface area contributed by atoms with Gasteiger partial charge in [0.2, 0.25) is 6.29 Å². The number of aliphatic hydroxyl groups excluding tert-OH is 4. The topological polar surface area (TPSA) is 126 Å². The van der Waals surface area contributed by atoms with E-state index < -0.39 is 36.9 Å². The number of carbonyl (C=O) groups excluding carboxylic acids is 1. The molecule has 8 nitrogen and oxygen atoms in total. The van der Waals surface area contributed by atoms with Crippen LogP contribution < -0.4 is 4.74 Å². The van der Waals surface area contributed by atoms with Gasteiger partial charge in [0, 0.05) is 6.08 Å². The van der Waals surface area contributed by atoms with Crippen LogP contribution in [0.2, 0.25) is 0 Å². The Kier molecular flexibility index (Phi) is 6.29. The Morgan fingerprint density at radius 1 is 1.12 bits per heavy atom. The molecule has 2 rings (SSSR count). The molecular weight excluding hydrogens is 320 g/mol. The summed E-state index contributed by atoms with van der Waals surface area (Å²) in [6.07, 6.45) is -5.82. The average molecular weight is 340 g/mol. The van der Waals surface area contributed by atoms with Crippen LogP contribution in [0.1, 0.15) is 12.5 Å². The summed E-state index contributed by atoms with van der Waals surface area (Å²) in [5, 5.41) is 37.9. The van der Waals surface area contributed by atoms with Crippen molar-refractivity contribution >= 4 is 12.0 Å². The summed E-state index contributed by atoms with van der Waals surface area (Å²) in [4.78, 5) is 11.7. The Balaban J connectivity index is 1.92. The lowest BCUT2D eigenvalue weighted by atomic mass is 10.0. The molecule has 0 aromatic heterocycles. The molecule has 1 aromatic rings. The first-order valence-electron chi connectivity index (χ1n) is 7.41. The van der Waals surface area contributed by atoms with Crippen molar-refractivity contribution in [1.82, 2.24) is 0 Å². The van der Waals surface area contributed by atoms with Crippen molar-refractivity contribution in [3.63, 3.8) is 0 Å². The third-order valence-electron chi connectivity index (χ3n) is 3.38. The average Bonchev–Trinajstić information content (AvgIpc) is 2.57. The Labute approximate surface area is 138 Å². The molecule has 1 aliphatic heterocycles. The first-order chi connectivity index (χ1) is 11.4. The van der Waals surface area contributed by atoms with E-state index in [1.54, 1.807) is 24.3 Å². The lowest BCUT2D eigenvalue weighted by molar-refractivity contribution is -0.330. The van der Waals surface area contributed by atoms with Crippen LogP contribution in [0, 0.1) is 0 Å². The zero-order chi connectivity index (χ0) is 17.7. The molecule has 0 radical (unpaired) electrons. The van der Waals surface area contributed by atoms with Crippen LogP contribution in [0.5, 0.6) is 5.75 Å². The molecule has 5 unspecified atom stereocenters. The van der Waals surface area contributed by atoms with E-state index >= 15 is 0 Å². The van der Waals surface area contributed by atoms with Crippen molar-refractivity contribution in [2.24, 2.45) is 0 Å². The summed E-state index contributed by atoms with van der Waals surface area (Å²) >= 11 is 0.